The Morgan fingerprint density at radius 2 is 2.20 bits per heavy atom. The first kappa shape index (κ1) is 8.88. The number of carbonyl (C=O) groups is 1. The molecule has 1 N–H and O–H groups in total. The topological polar surface area (TPSA) is 41.5 Å². The van der Waals surface area contributed by atoms with Gasteiger partial charge >= 0.3 is 0 Å². The summed E-state index contributed by atoms with van der Waals surface area (Å²) in [7, 11) is 1.66. The average molecular weight is 140 g/mol. The highest BCUT2D eigenvalue weighted by molar-refractivity contribution is 5.86. The number of hydrogen-bond donors (Lipinski definition) is 1. The second-order valence-electron chi connectivity index (χ2n) is 1.81. The van der Waals surface area contributed by atoms with Crippen LogP contribution in [0.15, 0.2) is 16.8 Å². The number of hydrogen-bond acceptors (Lipinski definition) is 2. The molecule has 0 rings (SSSR count). The van der Waals surface area contributed by atoms with Crippen LogP contribution in [0.3, 0.4) is 0 Å². The van der Waals surface area contributed by atoms with E-state index in [2.05, 4.69) is 10.3 Å². The summed E-state index contributed by atoms with van der Waals surface area (Å²) in [6.45, 7) is 3.31. The van der Waals surface area contributed by atoms with Gasteiger partial charge in [-0.1, -0.05) is 6.08 Å². The van der Waals surface area contributed by atoms with E-state index in [1.54, 1.807) is 19.3 Å². The molecule has 0 saturated heterocycles. The smallest absolute Gasteiger partial charge is 0.221 e. The minimum Gasteiger partial charge on any atom is -0.325 e. The van der Waals surface area contributed by atoms with Gasteiger partial charge in [0.05, 0.1) is 5.70 Å². The van der Waals surface area contributed by atoms with E-state index in [0.29, 0.717) is 0 Å². The molecule has 0 unspecified atom stereocenters. The van der Waals surface area contributed by atoms with Gasteiger partial charge in [-0.15, -0.1) is 0 Å². The van der Waals surface area contributed by atoms with E-state index >= 15 is 0 Å². The molecule has 0 aromatic carbocycles. The molecule has 0 aromatic heterocycles. The molecule has 56 valence electrons. The van der Waals surface area contributed by atoms with Crippen LogP contribution in [0.1, 0.15) is 13.8 Å². The summed E-state index contributed by atoms with van der Waals surface area (Å²) in [6, 6.07) is 0. The molecule has 0 radical (unpaired) electrons. The van der Waals surface area contributed by atoms with Gasteiger partial charge in [0.1, 0.15) is 0 Å². The Morgan fingerprint density at radius 1 is 1.60 bits per heavy atom. The van der Waals surface area contributed by atoms with Crippen LogP contribution in [0, 0.1) is 0 Å². The Morgan fingerprint density at radius 3 is 2.50 bits per heavy atom. The van der Waals surface area contributed by atoms with Gasteiger partial charge < -0.3 is 5.32 Å². The minimum atomic E-state index is -0.0759. The quantitative estimate of drug-likeness (QED) is 0.564. The van der Waals surface area contributed by atoms with Crippen molar-refractivity contribution in [2.24, 2.45) is 4.99 Å². The van der Waals surface area contributed by atoms with Gasteiger partial charge in [0, 0.05) is 20.2 Å². The van der Waals surface area contributed by atoms with Crippen LogP contribution in [0.25, 0.3) is 0 Å². The van der Waals surface area contributed by atoms with E-state index in [4.69, 9.17) is 0 Å². The zero-order valence-electron chi connectivity index (χ0n) is 6.51. The predicted octanol–water partition coefficient (Wildman–Crippen LogP) is 0.727. The van der Waals surface area contributed by atoms with Crippen LogP contribution in [-0.4, -0.2) is 19.2 Å². The zero-order valence-corrected chi connectivity index (χ0v) is 6.51. The summed E-state index contributed by atoms with van der Waals surface area (Å²) in [6.07, 6.45) is 3.38. The Bertz CT molecular complexity index is 170. The Balaban J connectivity index is 3.98. The molecule has 0 aliphatic carbocycles. The molecule has 3 heteroatoms. The predicted molar refractivity (Wildman–Crippen MR) is 42.0 cm³/mol. The standard InChI is InChI=1S/C7H12N2O/c1-4-7(5-8-3)9-6(2)10/h4-5H,1-3H3,(H,9,10)/b7-4+,8-5?. The van der Waals surface area contributed by atoms with Crippen molar-refractivity contribution in [2.45, 2.75) is 13.8 Å². The molecule has 1 amide bonds. The second-order valence-corrected chi connectivity index (χ2v) is 1.81. The van der Waals surface area contributed by atoms with E-state index in [1.807, 2.05) is 6.92 Å². The van der Waals surface area contributed by atoms with Gasteiger partial charge in [-0.25, -0.2) is 0 Å². The molecular formula is C7H12N2O. The van der Waals surface area contributed by atoms with Gasteiger partial charge in [-0.3, -0.25) is 9.79 Å². The lowest BCUT2D eigenvalue weighted by Crippen LogP contribution is -2.19. The zero-order chi connectivity index (χ0) is 7.98. The maximum absolute atomic E-state index is 10.5. The van der Waals surface area contributed by atoms with E-state index in [-0.39, 0.29) is 5.91 Å². The molecule has 10 heavy (non-hydrogen) atoms. The minimum absolute atomic E-state index is 0.0759. The highest BCUT2D eigenvalue weighted by atomic mass is 16.1. The molecule has 3 nitrogen and oxygen atoms in total. The maximum atomic E-state index is 10.5. The van der Waals surface area contributed by atoms with Gasteiger partial charge in [-0.2, -0.15) is 0 Å². The van der Waals surface area contributed by atoms with Crippen LogP contribution in [0.2, 0.25) is 0 Å². The lowest BCUT2D eigenvalue weighted by molar-refractivity contribution is -0.118. The van der Waals surface area contributed by atoms with Crippen molar-refractivity contribution < 1.29 is 4.79 Å². The average Bonchev–Trinajstić information content (AvgIpc) is 1.86. The molecule has 0 heterocycles. The number of amides is 1. The number of allylic oxidation sites excluding steroid dienone is 2. The molecule has 0 atom stereocenters. The van der Waals surface area contributed by atoms with Gasteiger partial charge in [0.2, 0.25) is 5.91 Å². The number of nitrogens with one attached hydrogen (secondary N) is 1. The van der Waals surface area contributed by atoms with Gasteiger partial charge in [-0.05, 0) is 6.92 Å². The third kappa shape index (κ3) is 3.83. The first-order chi connectivity index (χ1) is 4.70. The molecule has 0 aromatic rings. The van der Waals surface area contributed by atoms with Crippen molar-refractivity contribution >= 4 is 12.1 Å². The fourth-order valence-corrected chi connectivity index (χ4v) is 0.521. The first-order valence-electron chi connectivity index (χ1n) is 3.06. The highest BCUT2D eigenvalue weighted by Crippen LogP contribution is 1.82. The molecule has 0 fully saturated rings. The summed E-state index contributed by atoms with van der Waals surface area (Å²) in [4.78, 5) is 14.2. The SMILES string of the molecule is C/C=C(\C=NC)NC(C)=O. The molecule has 0 aliphatic heterocycles. The Kier molecular flexibility index (Phi) is 4.20. The van der Waals surface area contributed by atoms with Crippen LogP contribution in [-0.2, 0) is 4.79 Å². The van der Waals surface area contributed by atoms with Crippen molar-refractivity contribution in [3.8, 4) is 0 Å². The molecule has 0 bridgehead atoms. The maximum Gasteiger partial charge on any atom is 0.221 e. The summed E-state index contributed by atoms with van der Waals surface area (Å²) in [5, 5.41) is 2.60. The number of nitrogens with zero attached hydrogens (tertiary/aromatic N) is 1. The summed E-state index contributed by atoms with van der Waals surface area (Å²) < 4.78 is 0. The van der Waals surface area contributed by atoms with E-state index in [1.165, 1.54) is 6.92 Å². The van der Waals surface area contributed by atoms with Crippen LogP contribution < -0.4 is 5.32 Å². The molecule has 0 saturated carbocycles. The van der Waals surface area contributed by atoms with Crippen molar-refractivity contribution in [3.63, 3.8) is 0 Å². The highest BCUT2D eigenvalue weighted by Gasteiger charge is 1.91. The van der Waals surface area contributed by atoms with Crippen LogP contribution in [0.5, 0.6) is 0 Å². The lowest BCUT2D eigenvalue weighted by atomic mass is 10.4. The third-order valence-corrected chi connectivity index (χ3v) is 0.900. The lowest BCUT2D eigenvalue weighted by Gasteiger charge is -1.98. The Hall–Kier alpha value is -1.12. The first-order valence-corrected chi connectivity index (χ1v) is 3.06. The largest absolute Gasteiger partial charge is 0.325 e. The fourth-order valence-electron chi connectivity index (χ4n) is 0.521. The van der Waals surface area contributed by atoms with E-state index in [9.17, 15) is 4.79 Å². The van der Waals surface area contributed by atoms with E-state index in [0.717, 1.165) is 5.70 Å². The molecular weight excluding hydrogens is 128 g/mol. The van der Waals surface area contributed by atoms with E-state index < -0.39 is 0 Å². The van der Waals surface area contributed by atoms with Crippen LogP contribution in [0.4, 0.5) is 0 Å². The number of aliphatic imine (C=N–C) groups is 1. The van der Waals surface area contributed by atoms with Crippen LogP contribution >= 0.6 is 0 Å². The van der Waals surface area contributed by atoms with Gasteiger partial charge in [0.15, 0.2) is 0 Å². The Labute approximate surface area is 60.8 Å². The molecule has 0 aliphatic rings. The fraction of sp³-hybridized carbons (Fsp3) is 0.429. The molecule has 0 spiro atoms. The summed E-state index contributed by atoms with van der Waals surface area (Å²) in [5.74, 6) is -0.0759. The van der Waals surface area contributed by atoms with Gasteiger partial charge in [0.25, 0.3) is 0 Å². The normalized spacial score (nSPS) is 12.1. The van der Waals surface area contributed by atoms with Crippen molar-refractivity contribution in [1.29, 1.82) is 0 Å². The van der Waals surface area contributed by atoms with Crippen molar-refractivity contribution in [2.75, 3.05) is 7.05 Å². The summed E-state index contributed by atoms with van der Waals surface area (Å²) >= 11 is 0. The number of rotatable bonds is 2. The third-order valence-electron chi connectivity index (χ3n) is 0.900. The second kappa shape index (κ2) is 4.73. The van der Waals surface area contributed by atoms with Crippen molar-refractivity contribution in [3.05, 3.63) is 11.8 Å². The monoisotopic (exact) mass is 140 g/mol. The summed E-state index contributed by atoms with van der Waals surface area (Å²) in [5.41, 5.74) is 0.731. The van der Waals surface area contributed by atoms with Crippen molar-refractivity contribution in [1.82, 2.24) is 5.32 Å². The number of carbonyl (C=O) groups excluding carboxylic acids is 1.